The Morgan fingerprint density at radius 1 is 1.00 bits per heavy atom. The first kappa shape index (κ1) is 18.2. The number of sulfonamides is 1. The van der Waals surface area contributed by atoms with Gasteiger partial charge in [-0.25, -0.2) is 17.2 Å². The third-order valence-electron chi connectivity index (χ3n) is 3.43. The smallest absolute Gasteiger partial charge is 0.237 e. The van der Waals surface area contributed by atoms with Gasteiger partial charge in [0.15, 0.2) is 0 Å². The number of rotatable bonds is 5. The minimum Gasteiger partial charge on any atom is -0.379 e. The second kappa shape index (κ2) is 6.76. The molecule has 2 N–H and O–H groups in total. The summed E-state index contributed by atoms with van der Waals surface area (Å²) in [5, 5.41) is 2.87. The van der Waals surface area contributed by atoms with Gasteiger partial charge in [0.25, 0.3) is 0 Å². The summed E-state index contributed by atoms with van der Waals surface area (Å²) in [6, 6.07) is 10.1. The molecule has 0 atom stereocenters. The average molecular weight is 354 g/mol. The van der Waals surface area contributed by atoms with Crippen molar-refractivity contribution in [2.45, 2.75) is 32.1 Å². The Morgan fingerprint density at radius 2 is 1.62 bits per heavy atom. The van der Waals surface area contributed by atoms with Gasteiger partial charge in [-0.05, 0) is 50.6 Å². The van der Waals surface area contributed by atoms with E-state index in [1.54, 1.807) is 45.0 Å². The van der Waals surface area contributed by atoms with E-state index in [4.69, 9.17) is 0 Å². The number of nitrogens with one attached hydrogen (secondary N) is 2. The first-order valence-electron chi connectivity index (χ1n) is 7.39. The van der Waals surface area contributed by atoms with E-state index >= 15 is 0 Å². The van der Waals surface area contributed by atoms with Gasteiger partial charge in [-0.15, -0.1) is 0 Å². The summed E-state index contributed by atoms with van der Waals surface area (Å²) >= 11 is 0. The van der Waals surface area contributed by atoms with E-state index < -0.39 is 26.4 Å². The highest BCUT2D eigenvalue weighted by molar-refractivity contribution is 7.94. The maximum atomic E-state index is 13.5. The first-order valence-corrected chi connectivity index (χ1v) is 8.87. The maximum Gasteiger partial charge on any atom is 0.237 e. The number of hydrogen-bond donors (Lipinski definition) is 2. The van der Waals surface area contributed by atoms with Gasteiger partial charge >= 0.3 is 0 Å². The van der Waals surface area contributed by atoms with Crippen LogP contribution in [0.3, 0.4) is 0 Å². The minimum atomic E-state index is -3.48. The van der Waals surface area contributed by atoms with Crippen LogP contribution in [0.15, 0.2) is 42.5 Å². The fourth-order valence-corrected chi connectivity index (χ4v) is 2.58. The third kappa shape index (κ3) is 4.44. The van der Waals surface area contributed by atoms with Gasteiger partial charge in [0.2, 0.25) is 10.0 Å². The summed E-state index contributed by atoms with van der Waals surface area (Å²) in [6.07, 6.45) is 0. The zero-order valence-electron chi connectivity index (χ0n) is 13.7. The molecule has 0 aliphatic carbocycles. The van der Waals surface area contributed by atoms with Crippen LogP contribution in [0.4, 0.5) is 20.2 Å². The normalized spacial score (nSPS) is 12.0. The third-order valence-corrected chi connectivity index (χ3v) is 5.54. The van der Waals surface area contributed by atoms with Crippen molar-refractivity contribution in [1.82, 2.24) is 0 Å². The summed E-state index contributed by atoms with van der Waals surface area (Å²) in [7, 11) is -3.48. The molecule has 0 saturated heterocycles. The first-order chi connectivity index (χ1) is 11.1. The second-order valence-corrected chi connectivity index (χ2v) is 8.83. The Hall–Kier alpha value is -2.15. The van der Waals surface area contributed by atoms with E-state index in [1.807, 2.05) is 0 Å². The van der Waals surface area contributed by atoms with Gasteiger partial charge in [0.05, 0.1) is 10.4 Å². The Kier molecular flexibility index (Phi) is 5.13. The summed E-state index contributed by atoms with van der Waals surface area (Å²) in [4.78, 5) is 0. The fraction of sp³-hybridized carbons (Fsp3) is 0.294. The van der Waals surface area contributed by atoms with Crippen LogP contribution >= 0.6 is 0 Å². The molecule has 130 valence electrons. The molecule has 2 aromatic rings. The lowest BCUT2D eigenvalue weighted by atomic mass is 10.2. The number of hydrogen-bond acceptors (Lipinski definition) is 3. The Morgan fingerprint density at radius 3 is 2.17 bits per heavy atom. The lowest BCUT2D eigenvalue weighted by molar-refractivity contribution is 0.566. The van der Waals surface area contributed by atoms with E-state index in [0.29, 0.717) is 12.2 Å². The van der Waals surface area contributed by atoms with Crippen LogP contribution in [-0.2, 0) is 16.6 Å². The van der Waals surface area contributed by atoms with Crippen molar-refractivity contribution < 1.29 is 17.2 Å². The molecule has 0 amide bonds. The van der Waals surface area contributed by atoms with Crippen LogP contribution in [0.1, 0.15) is 26.3 Å². The topological polar surface area (TPSA) is 58.2 Å². The van der Waals surface area contributed by atoms with Gasteiger partial charge in [-0.2, -0.15) is 0 Å². The summed E-state index contributed by atoms with van der Waals surface area (Å²) < 4.78 is 52.2. The van der Waals surface area contributed by atoms with Gasteiger partial charge in [-0.3, -0.25) is 4.72 Å². The minimum absolute atomic E-state index is 0.203. The monoisotopic (exact) mass is 354 g/mol. The quantitative estimate of drug-likeness (QED) is 0.849. The number of halogens is 2. The maximum absolute atomic E-state index is 13.5. The van der Waals surface area contributed by atoms with Gasteiger partial charge in [0.1, 0.15) is 11.6 Å². The highest BCUT2D eigenvalue weighted by Crippen LogP contribution is 2.20. The molecule has 4 nitrogen and oxygen atoms in total. The molecule has 0 fully saturated rings. The Balaban J connectivity index is 2.02. The molecule has 0 saturated carbocycles. The fourth-order valence-electron chi connectivity index (χ4n) is 1.83. The molecule has 2 aromatic carbocycles. The molecular weight excluding hydrogens is 334 g/mol. The molecule has 0 aromatic heterocycles. The lowest BCUT2D eigenvalue weighted by Gasteiger charge is -2.20. The summed E-state index contributed by atoms with van der Waals surface area (Å²) in [6.45, 7) is 5.18. The van der Waals surface area contributed by atoms with Crippen LogP contribution in [0.2, 0.25) is 0 Å². The molecule has 24 heavy (non-hydrogen) atoms. The molecule has 0 heterocycles. The van der Waals surface area contributed by atoms with Crippen molar-refractivity contribution in [3.05, 3.63) is 59.7 Å². The van der Waals surface area contributed by atoms with E-state index in [-0.39, 0.29) is 5.69 Å². The summed E-state index contributed by atoms with van der Waals surface area (Å²) in [5.41, 5.74) is 1.49. The van der Waals surface area contributed by atoms with Gasteiger partial charge < -0.3 is 5.32 Å². The van der Waals surface area contributed by atoms with Crippen molar-refractivity contribution in [2.75, 3.05) is 10.0 Å². The highest BCUT2D eigenvalue weighted by atomic mass is 32.2. The van der Waals surface area contributed by atoms with Crippen molar-refractivity contribution in [3.8, 4) is 0 Å². The highest BCUT2D eigenvalue weighted by Gasteiger charge is 2.28. The zero-order chi connectivity index (χ0) is 18.0. The zero-order valence-corrected chi connectivity index (χ0v) is 14.5. The van der Waals surface area contributed by atoms with E-state index in [9.17, 15) is 17.2 Å². The van der Waals surface area contributed by atoms with Gasteiger partial charge in [-0.1, -0.05) is 12.1 Å². The van der Waals surface area contributed by atoms with E-state index in [1.165, 1.54) is 12.1 Å². The lowest BCUT2D eigenvalue weighted by Crippen LogP contribution is -2.33. The predicted molar refractivity (Wildman–Crippen MR) is 92.4 cm³/mol. The Bertz CT molecular complexity index is 813. The molecule has 0 aliphatic heterocycles. The van der Waals surface area contributed by atoms with Crippen LogP contribution in [0, 0.1) is 11.6 Å². The molecule has 0 bridgehead atoms. The Labute approximate surface area is 141 Å². The molecule has 0 radical (unpaired) electrons. The van der Waals surface area contributed by atoms with Crippen molar-refractivity contribution in [1.29, 1.82) is 0 Å². The molecule has 0 aliphatic rings. The molecule has 7 heteroatoms. The van der Waals surface area contributed by atoms with Crippen molar-refractivity contribution >= 4 is 21.4 Å². The second-order valence-electron chi connectivity index (χ2n) is 6.39. The standard InChI is InChI=1S/C17H20F2N2O2S/c1-17(2,3)24(22,23)21-14-7-4-12(5-8-14)11-20-16-9-6-13(18)10-15(16)19/h4-10,20-21H,11H2,1-3H3. The number of benzene rings is 2. The SMILES string of the molecule is CC(C)(C)S(=O)(=O)Nc1ccc(CNc2ccc(F)cc2F)cc1. The molecule has 0 spiro atoms. The predicted octanol–water partition coefficient (Wildman–Crippen LogP) is 4.12. The van der Waals surface area contributed by atoms with Crippen LogP contribution in [0.5, 0.6) is 0 Å². The van der Waals surface area contributed by atoms with Crippen LogP contribution in [-0.4, -0.2) is 13.2 Å². The van der Waals surface area contributed by atoms with Crippen molar-refractivity contribution in [3.63, 3.8) is 0 Å². The van der Waals surface area contributed by atoms with Crippen molar-refractivity contribution in [2.24, 2.45) is 0 Å². The largest absolute Gasteiger partial charge is 0.379 e. The van der Waals surface area contributed by atoms with Crippen LogP contribution < -0.4 is 10.0 Å². The molecular formula is C17H20F2N2O2S. The average Bonchev–Trinajstić information content (AvgIpc) is 2.46. The van der Waals surface area contributed by atoms with E-state index in [2.05, 4.69) is 10.0 Å². The van der Waals surface area contributed by atoms with E-state index in [0.717, 1.165) is 11.6 Å². The number of anilines is 2. The van der Waals surface area contributed by atoms with Gasteiger partial charge in [0, 0.05) is 18.3 Å². The summed E-state index contributed by atoms with van der Waals surface area (Å²) in [5.74, 6) is -1.29. The molecule has 0 unspecified atom stereocenters. The van der Waals surface area contributed by atoms with Crippen LogP contribution in [0.25, 0.3) is 0 Å². The molecule has 2 rings (SSSR count).